The van der Waals surface area contributed by atoms with E-state index in [-0.39, 0.29) is 12.7 Å². The van der Waals surface area contributed by atoms with Gasteiger partial charge >= 0.3 is 0 Å². The summed E-state index contributed by atoms with van der Waals surface area (Å²) in [6.07, 6.45) is 0. The lowest BCUT2D eigenvalue weighted by Gasteiger charge is -2.03. The van der Waals surface area contributed by atoms with Crippen LogP contribution in [0, 0.1) is 0 Å². The van der Waals surface area contributed by atoms with Crippen LogP contribution < -0.4 is 14.8 Å². The maximum Gasteiger partial charge on any atom is 0.236 e. The van der Waals surface area contributed by atoms with Gasteiger partial charge in [-0.2, -0.15) is 0 Å². The number of nitrogens with zero attached hydrogens (tertiary/aromatic N) is 1. The number of carbonyl (C=O) groups is 1. The van der Waals surface area contributed by atoms with Gasteiger partial charge in [-0.15, -0.1) is 23.1 Å². The molecule has 26 heavy (non-hydrogen) atoms. The van der Waals surface area contributed by atoms with Crippen molar-refractivity contribution in [1.82, 2.24) is 4.98 Å². The van der Waals surface area contributed by atoms with Gasteiger partial charge in [-0.1, -0.05) is 30.3 Å². The molecule has 0 saturated heterocycles. The number of hydrogen-bond acceptors (Lipinski definition) is 6. The molecule has 4 rings (SSSR count). The Morgan fingerprint density at radius 2 is 2.00 bits per heavy atom. The van der Waals surface area contributed by atoms with E-state index in [2.05, 4.69) is 22.4 Å². The highest BCUT2D eigenvalue weighted by Crippen LogP contribution is 2.36. The summed E-state index contributed by atoms with van der Waals surface area (Å²) >= 11 is 3.00. The van der Waals surface area contributed by atoms with E-state index < -0.39 is 0 Å². The molecule has 0 fully saturated rings. The number of nitrogens with one attached hydrogen (secondary N) is 1. The van der Waals surface area contributed by atoms with Crippen LogP contribution in [0.4, 0.5) is 5.13 Å². The lowest BCUT2D eigenvalue weighted by molar-refractivity contribution is -0.113. The minimum Gasteiger partial charge on any atom is -0.454 e. The Labute approximate surface area is 159 Å². The van der Waals surface area contributed by atoms with E-state index in [1.807, 2.05) is 41.8 Å². The number of thioether (sulfide) groups is 1. The predicted molar refractivity (Wildman–Crippen MR) is 105 cm³/mol. The van der Waals surface area contributed by atoms with Gasteiger partial charge in [0.2, 0.25) is 12.7 Å². The van der Waals surface area contributed by atoms with Crippen LogP contribution >= 0.6 is 23.1 Å². The highest BCUT2D eigenvalue weighted by atomic mass is 32.2. The highest BCUT2D eigenvalue weighted by molar-refractivity contribution is 7.99. The molecule has 0 saturated carbocycles. The average Bonchev–Trinajstić information content (AvgIpc) is 3.31. The second-order valence-electron chi connectivity index (χ2n) is 5.63. The number of thiazole rings is 1. The van der Waals surface area contributed by atoms with E-state index in [0.717, 1.165) is 28.5 Å². The molecule has 1 amide bonds. The third-order valence-electron chi connectivity index (χ3n) is 3.76. The number of rotatable bonds is 6. The van der Waals surface area contributed by atoms with Crippen molar-refractivity contribution in [3.05, 3.63) is 59.5 Å². The second-order valence-corrected chi connectivity index (χ2v) is 7.48. The summed E-state index contributed by atoms with van der Waals surface area (Å²) < 4.78 is 10.7. The molecule has 132 valence electrons. The second kappa shape index (κ2) is 7.80. The van der Waals surface area contributed by atoms with Crippen LogP contribution in [0.25, 0.3) is 11.3 Å². The van der Waals surface area contributed by atoms with Gasteiger partial charge < -0.3 is 14.8 Å². The molecule has 0 radical (unpaired) electrons. The monoisotopic (exact) mass is 384 g/mol. The molecule has 2 heterocycles. The van der Waals surface area contributed by atoms with Crippen LogP contribution in [0.15, 0.2) is 53.9 Å². The first-order valence-corrected chi connectivity index (χ1v) is 10.1. The molecule has 5 nitrogen and oxygen atoms in total. The fourth-order valence-corrected chi connectivity index (χ4v) is 4.03. The van der Waals surface area contributed by atoms with E-state index in [9.17, 15) is 4.79 Å². The zero-order valence-corrected chi connectivity index (χ0v) is 15.4. The Hall–Kier alpha value is -2.51. The average molecular weight is 384 g/mol. The van der Waals surface area contributed by atoms with Crippen LogP contribution in [0.5, 0.6) is 11.5 Å². The van der Waals surface area contributed by atoms with Crippen LogP contribution in [-0.4, -0.2) is 23.4 Å². The minimum absolute atomic E-state index is 0.0440. The molecule has 0 spiro atoms. The number of anilines is 1. The molecule has 1 aromatic heterocycles. The number of benzene rings is 2. The van der Waals surface area contributed by atoms with E-state index in [1.54, 1.807) is 11.8 Å². The Balaban J connectivity index is 1.32. The quantitative estimate of drug-likeness (QED) is 0.682. The normalized spacial score (nSPS) is 12.2. The molecule has 0 unspecified atom stereocenters. The van der Waals surface area contributed by atoms with Crippen molar-refractivity contribution >= 4 is 34.1 Å². The van der Waals surface area contributed by atoms with Crippen molar-refractivity contribution in [3.63, 3.8) is 0 Å². The zero-order chi connectivity index (χ0) is 17.8. The Morgan fingerprint density at radius 3 is 2.88 bits per heavy atom. The van der Waals surface area contributed by atoms with Crippen molar-refractivity contribution in [2.45, 2.75) is 5.75 Å². The first-order valence-electron chi connectivity index (χ1n) is 8.05. The number of fused-ring (bicyclic) bond motifs is 1. The SMILES string of the molecule is O=C(CSCc1ccccc1)Nc1nc(-c2ccc3c(c2)OCO3)cs1. The van der Waals surface area contributed by atoms with E-state index in [1.165, 1.54) is 16.9 Å². The van der Waals surface area contributed by atoms with Gasteiger partial charge in [0.15, 0.2) is 16.6 Å². The smallest absolute Gasteiger partial charge is 0.236 e. The van der Waals surface area contributed by atoms with Crippen LogP contribution in [0.1, 0.15) is 5.56 Å². The number of carbonyl (C=O) groups excluding carboxylic acids is 1. The van der Waals surface area contributed by atoms with Crippen molar-refractivity contribution in [2.24, 2.45) is 0 Å². The van der Waals surface area contributed by atoms with Crippen molar-refractivity contribution in [1.29, 1.82) is 0 Å². The van der Waals surface area contributed by atoms with Crippen LogP contribution in [0.3, 0.4) is 0 Å². The van der Waals surface area contributed by atoms with E-state index in [0.29, 0.717) is 10.9 Å². The molecular formula is C19H16N2O3S2. The summed E-state index contributed by atoms with van der Waals surface area (Å²) in [6.45, 7) is 0.248. The molecule has 1 aliphatic rings. The molecule has 0 atom stereocenters. The largest absolute Gasteiger partial charge is 0.454 e. The van der Waals surface area contributed by atoms with Crippen LogP contribution in [-0.2, 0) is 10.5 Å². The van der Waals surface area contributed by atoms with Gasteiger partial charge in [-0.3, -0.25) is 4.79 Å². The summed E-state index contributed by atoms with van der Waals surface area (Å²) in [6, 6.07) is 15.8. The molecule has 0 bridgehead atoms. The molecule has 0 aliphatic carbocycles. The number of aromatic nitrogens is 1. The molecule has 3 aromatic rings. The maximum absolute atomic E-state index is 12.1. The summed E-state index contributed by atoms with van der Waals surface area (Å²) in [5, 5.41) is 5.38. The third-order valence-corrected chi connectivity index (χ3v) is 5.53. The number of ether oxygens (including phenoxy) is 2. The lowest BCUT2D eigenvalue weighted by atomic mass is 10.1. The maximum atomic E-state index is 12.1. The number of amides is 1. The first-order chi connectivity index (χ1) is 12.8. The third kappa shape index (κ3) is 4.00. The zero-order valence-electron chi connectivity index (χ0n) is 13.8. The standard InChI is InChI=1S/C19H16N2O3S2/c22-18(11-25-9-13-4-2-1-3-5-13)21-19-20-15(10-26-19)14-6-7-16-17(8-14)24-12-23-16/h1-8,10H,9,11-12H2,(H,20,21,22). The fraction of sp³-hybridized carbons (Fsp3) is 0.158. The number of hydrogen-bond donors (Lipinski definition) is 1. The Bertz CT molecular complexity index is 912. The summed E-state index contributed by atoms with van der Waals surface area (Å²) in [4.78, 5) is 16.6. The molecule has 7 heteroatoms. The van der Waals surface area contributed by atoms with Gasteiger partial charge in [-0.25, -0.2) is 4.98 Å². The summed E-state index contributed by atoms with van der Waals surface area (Å²) in [5.41, 5.74) is 2.95. The predicted octanol–water partition coefficient (Wildman–Crippen LogP) is 4.41. The summed E-state index contributed by atoms with van der Waals surface area (Å²) in [5.74, 6) is 2.63. The van der Waals surface area contributed by atoms with Gasteiger partial charge in [0, 0.05) is 16.7 Å². The molecule has 1 N–H and O–H groups in total. The lowest BCUT2D eigenvalue weighted by Crippen LogP contribution is -2.13. The van der Waals surface area contributed by atoms with Crippen LogP contribution in [0.2, 0.25) is 0 Å². The van der Waals surface area contributed by atoms with Gasteiger partial charge in [-0.05, 0) is 23.8 Å². The topological polar surface area (TPSA) is 60.5 Å². The van der Waals surface area contributed by atoms with Crippen molar-refractivity contribution in [2.75, 3.05) is 17.9 Å². The highest BCUT2D eigenvalue weighted by Gasteiger charge is 2.15. The fourth-order valence-electron chi connectivity index (χ4n) is 2.51. The summed E-state index contributed by atoms with van der Waals surface area (Å²) in [7, 11) is 0. The van der Waals surface area contributed by atoms with Crippen molar-refractivity contribution < 1.29 is 14.3 Å². The van der Waals surface area contributed by atoms with Gasteiger partial charge in [0.05, 0.1) is 11.4 Å². The molecule has 2 aromatic carbocycles. The van der Waals surface area contributed by atoms with Crippen molar-refractivity contribution in [3.8, 4) is 22.8 Å². The van der Waals surface area contributed by atoms with Gasteiger partial charge in [0.1, 0.15) is 0 Å². The minimum atomic E-state index is -0.0440. The Kier molecular flexibility index (Phi) is 5.08. The molecular weight excluding hydrogens is 368 g/mol. The molecule has 1 aliphatic heterocycles. The van der Waals surface area contributed by atoms with E-state index in [4.69, 9.17) is 9.47 Å². The Morgan fingerprint density at radius 1 is 1.15 bits per heavy atom. The van der Waals surface area contributed by atoms with Gasteiger partial charge in [0.25, 0.3) is 0 Å². The van der Waals surface area contributed by atoms with E-state index >= 15 is 0 Å². The first kappa shape index (κ1) is 16.9.